The summed E-state index contributed by atoms with van der Waals surface area (Å²) in [6.45, 7) is 3.59. The Hall–Kier alpha value is -4.68. The van der Waals surface area contributed by atoms with Gasteiger partial charge in [-0.15, -0.1) is 5.10 Å². The number of rotatable bonds is 10. The van der Waals surface area contributed by atoms with Crippen LogP contribution in [-0.2, 0) is 28.7 Å². The first-order valence-corrected chi connectivity index (χ1v) is 12.8. The van der Waals surface area contributed by atoms with Crippen LogP contribution in [0.15, 0.2) is 48.9 Å². The Balaban J connectivity index is 1.62. The summed E-state index contributed by atoms with van der Waals surface area (Å²) >= 11 is 0. The normalized spacial score (nSPS) is 12.3. The van der Waals surface area contributed by atoms with Crippen LogP contribution in [0.5, 0.6) is 0 Å². The van der Waals surface area contributed by atoms with Crippen LogP contribution in [-0.4, -0.2) is 49.3 Å². The number of hydrogen-bond donors (Lipinski definition) is 3. The molecule has 2 heterocycles. The Morgan fingerprint density at radius 2 is 1.88 bits per heavy atom. The molecule has 0 unspecified atom stereocenters. The molecular formula is C28H29F3N6O4. The van der Waals surface area contributed by atoms with Crippen LogP contribution >= 0.6 is 0 Å². The lowest BCUT2D eigenvalue weighted by atomic mass is 10.0. The molecule has 216 valence electrons. The first kappa shape index (κ1) is 29.3. The number of benzene rings is 2. The van der Waals surface area contributed by atoms with Crippen molar-refractivity contribution in [1.29, 1.82) is 0 Å². The lowest BCUT2D eigenvalue weighted by Crippen LogP contribution is -2.24. The summed E-state index contributed by atoms with van der Waals surface area (Å²) in [6, 6.07) is 9.59. The molecule has 2 aromatic carbocycles. The predicted molar refractivity (Wildman–Crippen MR) is 145 cm³/mol. The third-order valence-corrected chi connectivity index (χ3v) is 6.72. The first-order valence-electron chi connectivity index (χ1n) is 12.8. The predicted octanol–water partition coefficient (Wildman–Crippen LogP) is 4.57. The lowest BCUT2D eigenvalue weighted by Gasteiger charge is -2.18. The van der Waals surface area contributed by atoms with Crippen molar-refractivity contribution < 1.29 is 32.7 Å². The number of amides is 2. The molecule has 0 aliphatic rings. The van der Waals surface area contributed by atoms with E-state index in [4.69, 9.17) is 5.11 Å². The molecule has 0 fully saturated rings. The number of aryl methyl sites for hydroxylation is 2. The van der Waals surface area contributed by atoms with Crippen LogP contribution < -0.4 is 10.6 Å². The summed E-state index contributed by atoms with van der Waals surface area (Å²) < 4.78 is 41.6. The van der Waals surface area contributed by atoms with Crippen molar-refractivity contribution in [1.82, 2.24) is 24.6 Å². The highest BCUT2D eigenvalue weighted by Crippen LogP contribution is 2.28. The Labute approximate surface area is 233 Å². The van der Waals surface area contributed by atoms with Crippen LogP contribution in [0, 0.1) is 6.92 Å². The molecule has 0 spiro atoms. The first-order chi connectivity index (χ1) is 19.4. The van der Waals surface area contributed by atoms with E-state index in [0.717, 1.165) is 22.0 Å². The Kier molecular flexibility index (Phi) is 8.45. The van der Waals surface area contributed by atoms with Gasteiger partial charge >= 0.3 is 12.1 Å². The summed E-state index contributed by atoms with van der Waals surface area (Å²) in [7, 11) is 1.53. The number of anilines is 1. The number of nitrogens with zero attached hydrogens (tertiary/aromatic N) is 4. The van der Waals surface area contributed by atoms with Gasteiger partial charge in [0.1, 0.15) is 12.4 Å². The second kappa shape index (κ2) is 11.8. The minimum atomic E-state index is -4.67. The van der Waals surface area contributed by atoms with Crippen molar-refractivity contribution in [3.8, 4) is 0 Å². The maximum Gasteiger partial charge on any atom is 0.453 e. The van der Waals surface area contributed by atoms with Crippen molar-refractivity contribution in [2.24, 2.45) is 0 Å². The zero-order valence-electron chi connectivity index (χ0n) is 22.6. The van der Waals surface area contributed by atoms with Crippen molar-refractivity contribution in [2.45, 2.75) is 51.9 Å². The van der Waals surface area contributed by atoms with Gasteiger partial charge in [-0.1, -0.05) is 18.2 Å². The molecule has 0 saturated heterocycles. The molecule has 2 aromatic heterocycles. The SMILES string of the molecule is CNC(=O)c1ccc2c(C)cn([C@H](C)C(=O)Nc3cc(Cn4cnc(C(F)(F)F)n4)ccc3CCCC(=O)O)c2c1. The second-order valence-corrected chi connectivity index (χ2v) is 9.70. The third kappa shape index (κ3) is 6.73. The largest absolute Gasteiger partial charge is 0.481 e. The van der Waals surface area contributed by atoms with Gasteiger partial charge in [-0.05, 0) is 61.6 Å². The lowest BCUT2D eigenvalue weighted by molar-refractivity contribution is -0.145. The molecule has 0 radical (unpaired) electrons. The van der Waals surface area contributed by atoms with E-state index >= 15 is 0 Å². The van der Waals surface area contributed by atoms with Crippen molar-refractivity contribution in [3.63, 3.8) is 0 Å². The van der Waals surface area contributed by atoms with Gasteiger partial charge in [0.25, 0.3) is 11.7 Å². The Morgan fingerprint density at radius 1 is 1.12 bits per heavy atom. The van der Waals surface area contributed by atoms with E-state index in [9.17, 15) is 27.6 Å². The van der Waals surface area contributed by atoms with Crippen LogP contribution in [0.3, 0.4) is 0 Å². The number of nitrogens with one attached hydrogen (secondary N) is 2. The van der Waals surface area contributed by atoms with E-state index in [1.165, 1.54) is 7.05 Å². The maximum absolute atomic E-state index is 13.5. The average Bonchev–Trinajstić information content (AvgIpc) is 3.53. The average molecular weight is 571 g/mol. The fourth-order valence-corrected chi connectivity index (χ4v) is 4.57. The van der Waals surface area contributed by atoms with Crippen LogP contribution in [0.4, 0.5) is 18.9 Å². The molecule has 0 aliphatic carbocycles. The standard InChI is InChI=1S/C28H29F3N6O4/c1-16-13-37(23-12-20(26(41)32-3)9-10-21(16)23)17(2)25(40)34-22-11-18(7-8-19(22)5-4-6-24(38)39)14-36-15-33-27(35-36)28(29,30)31/h7-13,15,17H,4-6,14H2,1-3H3,(H,32,41)(H,34,40)(H,38,39)/t17-/m1/s1. The molecular weight excluding hydrogens is 541 g/mol. The van der Waals surface area contributed by atoms with Gasteiger partial charge < -0.3 is 20.3 Å². The number of hydrogen-bond acceptors (Lipinski definition) is 5. The summed E-state index contributed by atoms with van der Waals surface area (Å²) in [5, 5.41) is 18.9. The molecule has 3 N–H and O–H groups in total. The molecule has 10 nitrogen and oxygen atoms in total. The molecule has 13 heteroatoms. The van der Waals surface area contributed by atoms with E-state index in [-0.39, 0.29) is 24.8 Å². The number of carboxylic acids is 1. The van der Waals surface area contributed by atoms with E-state index in [0.29, 0.717) is 40.7 Å². The van der Waals surface area contributed by atoms with Gasteiger partial charge in [0.05, 0.1) is 6.54 Å². The summed E-state index contributed by atoms with van der Waals surface area (Å²) in [4.78, 5) is 40.0. The number of halogens is 3. The van der Waals surface area contributed by atoms with Gasteiger partial charge in [0, 0.05) is 41.8 Å². The highest BCUT2D eigenvalue weighted by molar-refractivity contribution is 6.00. The summed E-state index contributed by atoms with van der Waals surface area (Å²) in [5.41, 5.74) is 3.73. The van der Waals surface area contributed by atoms with Crippen molar-refractivity contribution in [2.75, 3.05) is 12.4 Å². The van der Waals surface area contributed by atoms with Gasteiger partial charge in [0.15, 0.2) is 0 Å². The van der Waals surface area contributed by atoms with Crippen LogP contribution in [0.25, 0.3) is 10.9 Å². The highest BCUT2D eigenvalue weighted by Gasteiger charge is 2.35. The highest BCUT2D eigenvalue weighted by atomic mass is 19.4. The molecule has 1 atom stereocenters. The topological polar surface area (TPSA) is 131 Å². The van der Waals surface area contributed by atoms with E-state index in [1.807, 2.05) is 19.2 Å². The molecule has 0 bridgehead atoms. The molecule has 2 amide bonds. The smallest absolute Gasteiger partial charge is 0.453 e. The molecule has 4 aromatic rings. The van der Waals surface area contributed by atoms with Crippen LogP contribution in [0.2, 0.25) is 0 Å². The van der Waals surface area contributed by atoms with Crippen molar-refractivity contribution >= 4 is 34.4 Å². The number of fused-ring (bicyclic) bond motifs is 1. The number of aromatic nitrogens is 4. The number of carbonyl (C=O) groups excluding carboxylic acids is 2. The second-order valence-electron chi connectivity index (χ2n) is 9.70. The van der Waals surface area contributed by atoms with E-state index < -0.39 is 24.0 Å². The van der Waals surface area contributed by atoms with Crippen molar-refractivity contribution in [3.05, 3.63) is 77.0 Å². The number of carboxylic acid groups (broad SMARTS) is 1. The fourth-order valence-electron chi connectivity index (χ4n) is 4.57. The van der Waals surface area contributed by atoms with Gasteiger partial charge in [-0.2, -0.15) is 13.2 Å². The zero-order chi connectivity index (χ0) is 29.9. The number of carbonyl (C=O) groups is 3. The Morgan fingerprint density at radius 3 is 2.54 bits per heavy atom. The minimum absolute atomic E-state index is 0.0272. The summed E-state index contributed by atoms with van der Waals surface area (Å²) in [5.74, 6) is -2.83. The van der Waals surface area contributed by atoms with Gasteiger partial charge in [-0.25, -0.2) is 9.67 Å². The quantitative estimate of drug-likeness (QED) is 0.256. The van der Waals surface area contributed by atoms with Crippen LogP contribution in [0.1, 0.15) is 58.7 Å². The van der Waals surface area contributed by atoms with Gasteiger partial charge in [-0.3, -0.25) is 14.4 Å². The third-order valence-electron chi connectivity index (χ3n) is 6.72. The monoisotopic (exact) mass is 570 g/mol. The number of aliphatic carboxylic acids is 1. The zero-order valence-corrected chi connectivity index (χ0v) is 22.6. The van der Waals surface area contributed by atoms with E-state index in [1.54, 1.807) is 41.8 Å². The Bertz CT molecular complexity index is 1610. The minimum Gasteiger partial charge on any atom is -0.481 e. The molecule has 0 aliphatic heterocycles. The fraction of sp³-hybridized carbons (Fsp3) is 0.321. The molecule has 4 rings (SSSR count). The summed E-state index contributed by atoms with van der Waals surface area (Å²) in [6.07, 6.45) is -1.23. The molecule has 0 saturated carbocycles. The van der Waals surface area contributed by atoms with Gasteiger partial charge in [0.2, 0.25) is 5.91 Å². The maximum atomic E-state index is 13.5. The number of alkyl halides is 3. The molecule has 41 heavy (non-hydrogen) atoms. The van der Waals surface area contributed by atoms with E-state index in [2.05, 4.69) is 20.7 Å².